The molecule has 0 aliphatic carbocycles. The minimum Gasteiger partial charge on any atom is -0.455 e. The maximum absolute atomic E-state index is 13.4. The van der Waals surface area contributed by atoms with Gasteiger partial charge in [0.05, 0.1) is 21.8 Å². The number of carbonyl (C=O) groups excluding carboxylic acids is 1. The maximum atomic E-state index is 13.4. The number of carbonyl (C=O) groups is 1. The van der Waals surface area contributed by atoms with Gasteiger partial charge >= 0.3 is 5.97 Å². The summed E-state index contributed by atoms with van der Waals surface area (Å²) in [6, 6.07) is 13.3. The molecule has 0 unspecified atom stereocenters. The van der Waals surface area contributed by atoms with Crippen LogP contribution in [0.15, 0.2) is 71.9 Å². The van der Waals surface area contributed by atoms with Crippen molar-refractivity contribution in [2.24, 2.45) is 0 Å². The summed E-state index contributed by atoms with van der Waals surface area (Å²) in [6.45, 7) is 3.36. The molecule has 0 atom stereocenters. The first kappa shape index (κ1) is 21.5. The van der Waals surface area contributed by atoms with Gasteiger partial charge in [0, 0.05) is 12.4 Å². The number of para-hydroxylation sites is 1. The van der Waals surface area contributed by atoms with E-state index in [1.165, 1.54) is 25.1 Å². The maximum Gasteiger partial charge on any atom is 0.340 e. The number of nitrogens with zero attached hydrogens (tertiary/aromatic N) is 2. The Hall–Kier alpha value is -3.72. The molecule has 9 heteroatoms. The number of hydrogen-bond acceptors (Lipinski definition) is 5. The number of ether oxygens (including phenoxy) is 1. The van der Waals surface area contributed by atoms with E-state index in [4.69, 9.17) is 4.74 Å². The summed E-state index contributed by atoms with van der Waals surface area (Å²) in [6.07, 6.45) is 3.61. The third-order valence-electron chi connectivity index (χ3n) is 4.90. The minimum atomic E-state index is -4.05. The van der Waals surface area contributed by atoms with Gasteiger partial charge in [0.15, 0.2) is 0 Å². The number of benzene rings is 2. The number of halogens is 1. The third-order valence-corrected chi connectivity index (χ3v) is 6.42. The summed E-state index contributed by atoms with van der Waals surface area (Å²) in [5.74, 6) is -1.24. The molecule has 2 heterocycles. The first-order chi connectivity index (χ1) is 15.2. The fourth-order valence-electron chi connectivity index (χ4n) is 3.36. The third kappa shape index (κ3) is 4.33. The average molecular weight is 453 g/mol. The van der Waals surface area contributed by atoms with E-state index in [-0.39, 0.29) is 28.3 Å². The normalized spacial score (nSPS) is 11.5. The van der Waals surface area contributed by atoms with E-state index in [2.05, 4.69) is 9.71 Å². The van der Waals surface area contributed by atoms with E-state index in [0.29, 0.717) is 5.69 Å². The fourth-order valence-corrected chi connectivity index (χ4v) is 4.66. The summed E-state index contributed by atoms with van der Waals surface area (Å²) in [5.41, 5.74) is 2.68. The molecule has 7 nitrogen and oxygen atoms in total. The molecular weight excluding hydrogens is 433 g/mol. The van der Waals surface area contributed by atoms with E-state index in [0.717, 1.165) is 23.3 Å². The molecule has 2 aromatic carbocycles. The Morgan fingerprint density at radius 2 is 1.88 bits per heavy atom. The molecule has 2 aromatic heterocycles. The van der Waals surface area contributed by atoms with Crippen LogP contribution in [0, 0.1) is 19.7 Å². The van der Waals surface area contributed by atoms with Crippen molar-refractivity contribution < 1.29 is 22.3 Å². The van der Waals surface area contributed by atoms with Crippen molar-refractivity contribution in [2.75, 3.05) is 4.72 Å². The second kappa shape index (κ2) is 8.43. The summed E-state index contributed by atoms with van der Waals surface area (Å²) in [5, 5.41) is 0. The number of fused-ring (bicyclic) bond motifs is 1. The van der Waals surface area contributed by atoms with Crippen LogP contribution >= 0.6 is 0 Å². The number of imidazole rings is 1. The molecule has 4 aromatic rings. The van der Waals surface area contributed by atoms with Crippen LogP contribution in [0.5, 0.6) is 0 Å². The predicted octanol–water partition coefficient (Wildman–Crippen LogP) is 4.25. The summed E-state index contributed by atoms with van der Waals surface area (Å²) < 4.78 is 48.6. The van der Waals surface area contributed by atoms with Gasteiger partial charge in [-0.3, -0.25) is 4.72 Å². The smallest absolute Gasteiger partial charge is 0.340 e. The Kier molecular flexibility index (Phi) is 5.67. The molecule has 0 saturated carbocycles. The molecule has 0 aliphatic rings. The Bertz CT molecular complexity index is 1430. The number of nitrogens with one attached hydrogen (secondary N) is 1. The zero-order valence-electron chi connectivity index (χ0n) is 17.4. The number of aryl methyl sites for hydroxylation is 2. The zero-order valence-corrected chi connectivity index (χ0v) is 18.2. The molecule has 0 spiro atoms. The van der Waals surface area contributed by atoms with Crippen molar-refractivity contribution in [1.82, 2.24) is 9.38 Å². The monoisotopic (exact) mass is 453 g/mol. The fraction of sp³-hybridized carbons (Fsp3) is 0.130. The van der Waals surface area contributed by atoms with E-state index in [1.807, 2.05) is 29.7 Å². The van der Waals surface area contributed by atoms with Crippen molar-refractivity contribution in [3.63, 3.8) is 0 Å². The molecule has 32 heavy (non-hydrogen) atoms. The van der Waals surface area contributed by atoms with Gasteiger partial charge in [-0.15, -0.1) is 0 Å². The number of anilines is 1. The Morgan fingerprint density at radius 1 is 1.09 bits per heavy atom. The summed E-state index contributed by atoms with van der Waals surface area (Å²) >= 11 is 0. The number of hydrogen-bond donors (Lipinski definition) is 1. The lowest BCUT2D eigenvalue weighted by molar-refractivity contribution is 0.0469. The molecule has 0 bridgehead atoms. The topological polar surface area (TPSA) is 89.8 Å². The number of sulfonamides is 1. The number of esters is 1. The molecule has 0 amide bonds. The lowest BCUT2D eigenvalue weighted by Gasteiger charge is -2.13. The van der Waals surface area contributed by atoms with Gasteiger partial charge in [0.1, 0.15) is 18.1 Å². The number of rotatable bonds is 6. The summed E-state index contributed by atoms with van der Waals surface area (Å²) in [7, 11) is -4.05. The molecule has 164 valence electrons. The van der Waals surface area contributed by atoms with E-state index < -0.39 is 21.8 Å². The summed E-state index contributed by atoms with van der Waals surface area (Å²) in [4.78, 5) is 17.1. The second-order valence-electron chi connectivity index (χ2n) is 7.29. The quantitative estimate of drug-likeness (QED) is 0.441. The van der Waals surface area contributed by atoms with E-state index in [1.54, 1.807) is 18.3 Å². The van der Waals surface area contributed by atoms with Crippen molar-refractivity contribution in [2.45, 2.75) is 25.3 Å². The van der Waals surface area contributed by atoms with E-state index in [9.17, 15) is 17.6 Å². The minimum absolute atomic E-state index is 0.0517. The van der Waals surface area contributed by atoms with Gasteiger partial charge < -0.3 is 9.14 Å². The van der Waals surface area contributed by atoms with Gasteiger partial charge in [0.25, 0.3) is 10.0 Å². The van der Waals surface area contributed by atoms with Crippen LogP contribution in [0.25, 0.3) is 5.65 Å². The largest absolute Gasteiger partial charge is 0.455 e. The van der Waals surface area contributed by atoms with Gasteiger partial charge in [-0.25, -0.2) is 22.6 Å². The van der Waals surface area contributed by atoms with Crippen molar-refractivity contribution in [1.29, 1.82) is 0 Å². The average Bonchev–Trinajstić information content (AvgIpc) is 3.16. The van der Waals surface area contributed by atoms with Crippen LogP contribution in [0.1, 0.15) is 27.2 Å². The lowest BCUT2D eigenvalue weighted by atomic mass is 10.2. The lowest BCUT2D eigenvalue weighted by Crippen LogP contribution is -2.17. The Labute approximate surface area is 184 Å². The van der Waals surface area contributed by atoms with Gasteiger partial charge in [-0.2, -0.15) is 0 Å². The highest BCUT2D eigenvalue weighted by Crippen LogP contribution is 2.23. The molecule has 4 rings (SSSR count). The van der Waals surface area contributed by atoms with Crippen LogP contribution in [-0.4, -0.2) is 23.8 Å². The number of aromatic nitrogens is 2. The van der Waals surface area contributed by atoms with Crippen molar-refractivity contribution >= 4 is 27.3 Å². The SMILES string of the molecule is Cc1cc(F)ccc1S(=O)(=O)Nc1ccccc1C(=O)OCc1cn2cccc(C)c2n1. The second-order valence-corrected chi connectivity index (χ2v) is 8.94. The molecule has 0 fully saturated rings. The van der Waals surface area contributed by atoms with Crippen LogP contribution in [0.4, 0.5) is 10.1 Å². The number of pyridine rings is 1. The first-order valence-electron chi connectivity index (χ1n) is 9.73. The highest BCUT2D eigenvalue weighted by atomic mass is 32.2. The highest BCUT2D eigenvalue weighted by molar-refractivity contribution is 7.92. The molecule has 0 saturated heterocycles. The van der Waals surface area contributed by atoms with Crippen LogP contribution in [-0.2, 0) is 21.4 Å². The Morgan fingerprint density at radius 3 is 2.62 bits per heavy atom. The van der Waals surface area contributed by atoms with Gasteiger partial charge in [-0.05, 0) is 61.4 Å². The standard InChI is InChI=1S/C23H20FN3O4S/c1-15-6-5-11-27-13-18(25-22(15)27)14-31-23(28)19-7-3-4-8-20(19)26-32(29,30)21-10-9-17(24)12-16(21)2/h3-13,26H,14H2,1-2H3. The van der Waals surface area contributed by atoms with Crippen LogP contribution in [0.2, 0.25) is 0 Å². The first-order valence-corrected chi connectivity index (χ1v) is 11.2. The molecule has 1 N–H and O–H groups in total. The zero-order chi connectivity index (χ0) is 22.9. The van der Waals surface area contributed by atoms with Crippen molar-refractivity contribution in [3.05, 3.63) is 95.2 Å². The predicted molar refractivity (Wildman–Crippen MR) is 117 cm³/mol. The Balaban J connectivity index is 1.54. The van der Waals surface area contributed by atoms with Gasteiger partial charge in [0.2, 0.25) is 0 Å². The van der Waals surface area contributed by atoms with Crippen molar-refractivity contribution in [3.8, 4) is 0 Å². The van der Waals surface area contributed by atoms with Gasteiger partial charge in [-0.1, -0.05) is 18.2 Å². The highest BCUT2D eigenvalue weighted by Gasteiger charge is 2.21. The van der Waals surface area contributed by atoms with E-state index >= 15 is 0 Å². The molecule has 0 aliphatic heterocycles. The molecule has 0 radical (unpaired) electrons. The van der Waals surface area contributed by atoms with Crippen LogP contribution < -0.4 is 4.72 Å². The van der Waals surface area contributed by atoms with Crippen LogP contribution in [0.3, 0.4) is 0 Å². The molecular formula is C23H20FN3O4S.